The highest BCUT2D eigenvalue weighted by molar-refractivity contribution is 6.36. The van der Waals surface area contributed by atoms with Crippen LogP contribution in [0.5, 0.6) is 0 Å². The molecule has 4 heteroatoms. The summed E-state index contributed by atoms with van der Waals surface area (Å²) in [6.07, 6.45) is 0. The average Bonchev–Trinajstić information content (AvgIpc) is 2.11. The van der Waals surface area contributed by atoms with Crippen LogP contribution in [-0.2, 0) is 4.74 Å². The number of aryl methyl sites for hydroxylation is 1. The minimum atomic E-state index is -0.445. The predicted octanol–water partition coefficient (Wildman–Crippen LogP) is 3.48. The van der Waals surface area contributed by atoms with Crippen molar-refractivity contribution in [2.75, 3.05) is 6.61 Å². The van der Waals surface area contributed by atoms with Crippen molar-refractivity contribution in [2.45, 2.75) is 13.8 Å². The van der Waals surface area contributed by atoms with E-state index in [1.807, 2.05) is 6.92 Å². The molecule has 0 N–H and O–H groups in total. The molecule has 0 saturated heterocycles. The highest BCUT2D eigenvalue weighted by atomic mass is 35.5. The standard InChI is InChI=1S/C10H10Cl2O2/c1-3-14-10(13)7-5-8(11)6(2)4-9(7)12/h4-5H,3H2,1-2H3. The molecule has 2 nitrogen and oxygen atoms in total. The maximum atomic E-state index is 11.4. The quantitative estimate of drug-likeness (QED) is 0.731. The van der Waals surface area contributed by atoms with Gasteiger partial charge in [-0.25, -0.2) is 4.79 Å². The fraction of sp³-hybridized carbons (Fsp3) is 0.300. The first-order chi connectivity index (χ1) is 6.56. The van der Waals surface area contributed by atoms with Crippen LogP contribution in [0.3, 0.4) is 0 Å². The van der Waals surface area contributed by atoms with Crippen molar-refractivity contribution in [3.63, 3.8) is 0 Å². The van der Waals surface area contributed by atoms with Crippen molar-refractivity contribution in [2.24, 2.45) is 0 Å². The molecule has 0 fully saturated rings. The normalized spacial score (nSPS) is 10.0. The molecule has 0 bridgehead atoms. The summed E-state index contributed by atoms with van der Waals surface area (Å²) in [5.41, 5.74) is 1.15. The molecule has 1 rings (SSSR count). The summed E-state index contributed by atoms with van der Waals surface area (Å²) in [6, 6.07) is 3.17. The Morgan fingerprint density at radius 3 is 2.57 bits per heavy atom. The second kappa shape index (κ2) is 4.67. The first-order valence-corrected chi connectivity index (χ1v) is 4.94. The molecule has 0 saturated carbocycles. The van der Waals surface area contributed by atoms with Gasteiger partial charge in [-0.1, -0.05) is 23.2 Å². The summed E-state index contributed by atoms with van der Waals surface area (Å²) in [5, 5.41) is 0.878. The topological polar surface area (TPSA) is 26.3 Å². The van der Waals surface area contributed by atoms with Gasteiger partial charge in [0.05, 0.1) is 17.2 Å². The molecule has 0 atom stereocenters. The summed E-state index contributed by atoms with van der Waals surface area (Å²) in [4.78, 5) is 11.4. The van der Waals surface area contributed by atoms with E-state index in [4.69, 9.17) is 27.9 Å². The minimum Gasteiger partial charge on any atom is -0.462 e. The third-order valence-corrected chi connectivity index (χ3v) is 2.46. The van der Waals surface area contributed by atoms with Crippen LogP contribution in [-0.4, -0.2) is 12.6 Å². The van der Waals surface area contributed by atoms with E-state index in [0.29, 0.717) is 22.2 Å². The van der Waals surface area contributed by atoms with E-state index in [2.05, 4.69) is 0 Å². The van der Waals surface area contributed by atoms with Crippen LogP contribution in [0.15, 0.2) is 12.1 Å². The van der Waals surface area contributed by atoms with Crippen LogP contribution >= 0.6 is 23.2 Å². The molecule has 0 aromatic heterocycles. The lowest BCUT2D eigenvalue weighted by Gasteiger charge is -2.06. The molecule has 0 unspecified atom stereocenters. The average molecular weight is 233 g/mol. The van der Waals surface area contributed by atoms with Crippen LogP contribution in [0.4, 0.5) is 0 Å². The lowest BCUT2D eigenvalue weighted by molar-refractivity contribution is 0.0526. The third-order valence-electron chi connectivity index (χ3n) is 1.74. The zero-order chi connectivity index (χ0) is 10.7. The fourth-order valence-corrected chi connectivity index (χ4v) is 1.47. The van der Waals surface area contributed by atoms with Crippen LogP contribution in [0.2, 0.25) is 10.0 Å². The number of hydrogen-bond donors (Lipinski definition) is 0. The first kappa shape index (κ1) is 11.3. The van der Waals surface area contributed by atoms with E-state index in [-0.39, 0.29) is 0 Å². The van der Waals surface area contributed by atoms with Crippen molar-refractivity contribution in [3.8, 4) is 0 Å². The van der Waals surface area contributed by atoms with Crippen molar-refractivity contribution >= 4 is 29.2 Å². The summed E-state index contributed by atoms with van der Waals surface area (Å²) >= 11 is 11.7. The van der Waals surface area contributed by atoms with Gasteiger partial charge in [-0.2, -0.15) is 0 Å². The molecular weight excluding hydrogens is 223 g/mol. The van der Waals surface area contributed by atoms with Crippen LogP contribution in [0.1, 0.15) is 22.8 Å². The van der Waals surface area contributed by atoms with E-state index >= 15 is 0 Å². The number of rotatable bonds is 2. The Morgan fingerprint density at radius 1 is 1.36 bits per heavy atom. The van der Waals surface area contributed by atoms with Crippen LogP contribution < -0.4 is 0 Å². The molecular formula is C10H10Cl2O2. The van der Waals surface area contributed by atoms with Gasteiger partial charge in [0, 0.05) is 5.02 Å². The van der Waals surface area contributed by atoms with Gasteiger partial charge in [0.2, 0.25) is 0 Å². The van der Waals surface area contributed by atoms with E-state index in [9.17, 15) is 4.79 Å². The van der Waals surface area contributed by atoms with Crippen molar-refractivity contribution in [3.05, 3.63) is 33.3 Å². The molecule has 0 aliphatic rings. The maximum absolute atomic E-state index is 11.4. The Kier molecular flexibility index (Phi) is 3.78. The Hall–Kier alpha value is -0.730. The molecule has 0 spiro atoms. The second-order valence-electron chi connectivity index (χ2n) is 2.80. The molecule has 0 aliphatic heterocycles. The zero-order valence-corrected chi connectivity index (χ0v) is 9.45. The van der Waals surface area contributed by atoms with Crippen LogP contribution in [0, 0.1) is 6.92 Å². The highest BCUT2D eigenvalue weighted by Crippen LogP contribution is 2.25. The molecule has 0 radical (unpaired) electrons. The Balaban J connectivity index is 3.09. The molecule has 0 amide bonds. The maximum Gasteiger partial charge on any atom is 0.339 e. The summed E-state index contributed by atoms with van der Waals surface area (Å²) in [6.45, 7) is 3.88. The monoisotopic (exact) mass is 232 g/mol. The summed E-state index contributed by atoms with van der Waals surface area (Å²) in [5.74, 6) is -0.445. The Morgan fingerprint density at radius 2 is 2.00 bits per heavy atom. The zero-order valence-electron chi connectivity index (χ0n) is 7.93. The largest absolute Gasteiger partial charge is 0.462 e. The number of carbonyl (C=O) groups excluding carboxylic acids is 1. The van der Waals surface area contributed by atoms with Crippen LogP contribution in [0.25, 0.3) is 0 Å². The van der Waals surface area contributed by atoms with Gasteiger partial charge in [0.25, 0.3) is 0 Å². The van der Waals surface area contributed by atoms with E-state index < -0.39 is 5.97 Å². The number of halogens is 2. The Labute approximate surface area is 92.8 Å². The number of benzene rings is 1. The second-order valence-corrected chi connectivity index (χ2v) is 3.62. The first-order valence-electron chi connectivity index (χ1n) is 4.19. The number of esters is 1. The van der Waals surface area contributed by atoms with Gasteiger partial charge in [-0.05, 0) is 31.5 Å². The van der Waals surface area contributed by atoms with Gasteiger partial charge in [0.1, 0.15) is 0 Å². The van der Waals surface area contributed by atoms with Gasteiger partial charge < -0.3 is 4.74 Å². The van der Waals surface area contributed by atoms with E-state index in [0.717, 1.165) is 5.56 Å². The minimum absolute atomic E-state index is 0.309. The predicted molar refractivity (Wildman–Crippen MR) is 57.2 cm³/mol. The number of carbonyl (C=O) groups is 1. The van der Waals surface area contributed by atoms with Crippen molar-refractivity contribution < 1.29 is 9.53 Å². The molecule has 76 valence electrons. The van der Waals surface area contributed by atoms with Crippen molar-refractivity contribution in [1.29, 1.82) is 0 Å². The van der Waals surface area contributed by atoms with Gasteiger partial charge >= 0.3 is 5.97 Å². The van der Waals surface area contributed by atoms with Gasteiger partial charge in [-0.3, -0.25) is 0 Å². The lowest BCUT2D eigenvalue weighted by Crippen LogP contribution is -2.05. The van der Waals surface area contributed by atoms with E-state index in [1.54, 1.807) is 13.0 Å². The molecule has 0 heterocycles. The summed E-state index contributed by atoms with van der Waals surface area (Å²) < 4.78 is 4.82. The van der Waals surface area contributed by atoms with Crippen molar-refractivity contribution in [1.82, 2.24) is 0 Å². The van der Waals surface area contributed by atoms with Gasteiger partial charge in [0.15, 0.2) is 0 Å². The molecule has 1 aromatic carbocycles. The van der Waals surface area contributed by atoms with Gasteiger partial charge in [-0.15, -0.1) is 0 Å². The highest BCUT2D eigenvalue weighted by Gasteiger charge is 2.13. The molecule has 0 aliphatic carbocycles. The Bertz CT molecular complexity index is 361. The number of ether oxygens (including phenoxy) is 1. The lowest BCUT2D eigenvalue weighted by atomic mass is 10.1. The molecule has 14 heavy (non-hydrogen) atoms. The third kappa shape index (κ3) is 2.40. The smallest absolute Gasteiger partial charge is 0.339 e. The molecule has 1 aromatic rings. The summed E-state index contributed by atoms with van der Waals surface area (Å²) in [7, 11) is 0. The number of hydrogen-bond acceptors (Lipinski definition) is 2. The fourth-order valence-electron chi connectivity index (χ4n) is 1.01. The van der Waals surface area contributed by atoms with E-state index in [1.165, 1.54) is 6.07 Å². The SMILES string of the molecule is CCOC(=O)c1cc(Cl)c(C)cc1Cl.